The summed E-state index contributed by atoms with van der Waals surface area (Å²) in [6.45, 7) is 3.68. The summed E-state index contributed by atoms with van der Waals surface area (Å²) in [5, 5.41) is 0. The van der Waals surface area contributed by atoms with Crippen molar-refractivity contribution >= 4 is 16.2 Å². The first-order valence-electron chi connectivity index (χ1n) is 6.42. The van der Waals surface area contributed by atoms with Crippen LogP contribution in [-0.2, 0) is 19.3 Å². The average molecular weight is 275 g/mol. The van der Waals surface area contributed by atoms with Crippen LogP contribution >= 0.6 is 0 Å². The Balaban J connectivity index is 2.40. The highest BCUT2D eigenvalue weighted by molar-refractivity contribution is 7.85. The van der Waals surface area contributed by atoms with E-state index >= 15 is 0 Å². The SMILES string of the molecule is CCCCCCCCC1=C(C)OS(=O)(=O)NC1=O. The minimum atomic E-state index is -3.91. The van der Waals surface area contributed by atoms with E-state index in [-0.39, 0.29) is 5.76 Å². The molecular formula is C12H21NO4S. The molecule has 1 N–H and O–H groups in total. The summed E-state index contributed by atoms with van der Waals surface area (Å²) in [7, 11) is -3.91. The molecule has 1 rings (SSSR count). The van der Waals surface area contributed by atoms with Crippen molar-refractivity contribution in [2.24, 2.45) is 0 Å². The van der Waals surface area contributed by atoms with Gasteiger partial charge in [0.25, 0.3) is 5.91 Å². The van der Waals surface area contributed by atoms with Gasteiger partial charge in [-0.15, -0.1) is 0 Å². The van der Waals surface area contributed by atoms with Crippen LogP contribution in [0.5, 0.6) is 0 Å². The first-order valence-corrected chi connectivity index (χ1v) is 7.83. The predicted octanol–water partition coefficient (Wildman–Crippen LogP) is 2.40. The summed E-state index contributed by atoms with van der Waals surface area (Å²) in [5.74, 6) is -0.348. The topological polar surface area (TPSA) is 72.5 Å². The van der Waals surface area contributed by atoms with Crippen molar-refractivity contribution in [3.63, 3.8) is 0 Å². The standard InChI is InChI=1S/C12H21NO4S/c1-3-4-5-6-7-8-9-11-10(2)17-18(15,16)13-12(11)14/h3-9H2,1-2H3,(H,13,14). The lowest BCUT2D eigenvalue weighted by molar-refractivity contribution is -0.116. The van der Waals surface area contributed by atoms with Gasteiger partial charge in [-0.2, -0.15) is 8.42 Å². The lowest BCUT2D eigenvalue weighted by Crippen LogP contribution is -2.37. The van der Waals surface area contributed by atoms with Crippen molar-refractivity contribution in [2.75, 3.05) is 0 Å². The Hall–Kier alpha value is -1.04. The fraction of sp³-hybridized carbons (Fsp3) is 0.750. The molecule has 6 heteroatoms. The van der Waals surface area contributed by atoms with Crippen LogP contribution in [0.3, 0.4) is 0 Å². The Morgan fingerprint density at radius 1 is 1.11 bits per heavy atom. The summed E-state index contributed by atoms with van der Waals surface area (Å²) in [6, 6.07) is 0. The van der Waals surface area contributed by atoms with Gasteiger partial charge in [-0.3, -0.25) is 4.79 Å². The summed E-state index contributed by atoms with van der Waals surface area (Å²) in [4.78, 5) is 11.6. The van der Waals surface area contributed by atoms with Crippen LogP contribution in [-0.4, -0.2) is 14.3 Å². The molecule has 1 aliphatic rings. The second kappa shape index (κ2) is 6.78. The first-order chi connectivity index (χ1) is 8.46. The van der Waals surface area contributed by atoms with Gasteiger partial charge >= 0.3 is 10.3 Å². The number of rotatable bonds is 7. The van der Waals surface area contributed by atoms with E-state index in [1.807, 2.05) is 4.72 Å². The fourth-order valence-electron chi connectivity index (χ4n) is 1.94. The Kier molecular flexibility index (Phi) is 5.65. The maximum atomic E-state index is 11.6. The molecule has 0 aliphatic carbocycles. The van der Waals surface area contributed by atoms with Crippen molar-refractivity contribution in [1.29, 1.82) is 0 Å². The van der Waals surface area contributed by atoms with Gasteiger partial charge in [0.1, 0.15) is 5.76 Å². The van der Waals surface area contributed by atoms with Gasteiger partial charge in [0.2, 0.25) is 0 Å². The monoisotopic (exact) mass is 275 g/mol. The molecule has 18 heavy (non-hydrogen) atoms. The highest BCUT2D eigenvalue weighted by Gasteiger charge is 2.28. The number of amides is 1. The molecule has 0 radical (unpaired) electrons. The maximum absolute atomic E-state index is 11.6. The molecule has 0 saturated heterocycles. The minimum absolute atomic E-state index is 0.201. The molecule has 0 bridgehead atoms. The largest absolute Gasteiger partial charge is 0.409 e. The van der Waals surface area contributed by atoms with E-state index in [1.165, 1.54) is 26.2 Å². The summed E-state index contributed by atoms with van der Waals surface area (Å²) in [5.41, 5.74) is 0.445. The van der Waals surface area contributed by atoms with E-state index in [9.17, 15) is 13.2 Å². The van der Waals surface area contributed by atoms with Crippen LogP contribution in [0, 0.1) is 0 Å². The number of hydrogen-bond donors (Lipinski definition) is 1. The molecule has 104 valence electrons. The number of carbonyl (C=O) groups is 1. The smallest absolute Gasteiger partial charge is 0.371 e. The molecule has 0 atom stereocenters. The van der Waals surface area contributed by atoms with Crippen molar-refractivity contribution in [2.45, 2.75) is 58.8 Å². The third-order valence-electron chi connectivity index (χ3n) is 2.93. The number of allylic oxidation sites excluding steroid dienone is 1. The van der Waals surface area contributed by atoms with Gasteiger partial charge in [-0.05, 0) is 19.8 Å². The van der Waals surface area contributed by atoms with Crippen molar-refractivity contribution in [3.05, 3.63) is 11.3 Å². The number of nitrogens with one attached hydrogen (secondary N) is 1. The Morgan fingerprint density at radius 3 is 2.33 bits per heavy atom. The molecule has 1 aliphatic heterocycles. The molecule has 0 saturated carbocycles. The highest BCUT2D eigenvalue weighted by Crippen LogP contribution is 2.20. The molecule has 0 fully saturated rings. The fourth-order valence-corrected chi connectivity index (χ4v) is 2.76. The summed E-state index contributed by atoms with van der Waals surface area (Å²) in [6.07, 6.45) is 7.32. The van der Waals surface area contributed by atoms with Crippen LogP contribution in [0.15, 0.2) is 11.3 Å². The zero-order chi connectivity index (χ0) is 13.6. The Morgan fingerprint density at radius 2 is 1.72 bits per heavy atom. The van der Waals surface area contributed by atoms with Gasteiger partial charge in [-0.25, -0.2) is 4.72 Å². The normalized spacial score (nSPS) is 18.4. The highest BCUT2D eigenvalue weighted by atomic mass is 32.2. The molecule has 0 aromatic rings. The first kappa shape index (κ1) is 15.0. The molecule has 5 nitrogen and oxygen atoms in total. The molecular weight excluding hydrogens is 254 g/mol. The zero-order valence-corrected chi connectivity index (χ0v) is 11.8. The van der Waals surface area contributed by atoms with Crippen LogP contribution in [0.2, 0.25) is 0 Å². The number of carbonyl (C=O) groups excluding carboxylic acids is 1. The maximum Gasteiger partial charge on any atom is 0.409 e. The predicted molar refractivity (Wildman–Crippen MR) is 68.8 cm³/mol. The van der Waals surface area contributed by atoms with Crippen LogP contribution in [0.1, 0.15) is 58.8 Å². The van der Waals surface area contributed by atoms with Gasteiger partial charge in [-0.1, -0.05) is 39.0 Å². The lowest BCUT2D eigenvalue weighted by atomic mass is 10.0. The van der Waals surface area contributed by atoms with Crippen LogP contribution in [0.25, 0.3) is 0 Å². The number of unbranched alkanes of at least 4 members (excludes halogenated alkanes) is 5. The van der Waals surface area contributed by atoms with E-state index in [0.717, 1.165) is 19.3 Å². The van der Waals surface area contributed by atoms with Gasteiger partial charge < -0.3 is 4.18 Å². The Labute approximate surface area is 109 Å². The number of hydrogen-bond acceptors (Lipinski definition) is 4. The van der Waals surface area contributed by atoms with Crippen molar-refractivity contribution < 1.29 is 17.4 Å². The molecule has 0 aromatic carbocycles. The third kappa shape index (κ3) is 4.68. The van der Waals surface area contributed by atoms with Crippen LogP contribution < -0.4 is 4.72 Å². The van der Waals surface area contributed by atoms with E-state index in [1.54, 1.807) is 0 Å². The van der Waals surface area contributed by atoms with Crippen LogP contribution in [0.4, 0.5) is 0 Å². The molecule has 0 spiro atoms. The van der Waals surface area contributed by atoms with Gasteiger partial charge in [0.05, 0.1) is 5.57 Å². The summed E-state index contributed by atoms with van der Waals surface area (Å²) < 4.78 is 28.7. The van der Waals surface area contributed by atoms with E-state index in [2.05, 4.69) is 11.1 Å². The average Bonchev–Trinajstić information content (AvgIpc) is 2.24. The van der Waals surface area contributed by atoms with E-state index in [0.29, 0.717) is 12.0 Å². The van der Waals surface area contributed by atoms with E-state index in [4.69, 9.17) is 0 Å². The van der Waals surface area contributed by atoms with Crippen molar-refractivity contribution in [3.8, 4) is 0 Å². The molecule has 0 unspecified atom stereocenters. The second-order valence-electron chi connectivity index (χ2n) is 4.52. The molecule has 1 heterocycles. The van der Waals surface area contributed by atoms with E-state index < -0.39 is 16.2 Å². The second-order valence-corrected chi connectivity index (χ2v) is 5.80. The molecule has 0 aromatic heterocycles. The lowest BCUT2D eigenvalue weighted by Gasteiger charge is -2.18. The van der Waals surface area contributed by atoms with Gasteiger partial charge in [0.15, 0.2) is 0 Å². The zero-order valence-electron chi connectivity index (χ0n) is 11.0. The Bertz CT molecular complexity index is 425. The minimum Gasteiger partial charge on any atom is -0.371 e. The quantitative estimate of drug-likeness (QED) is 0.724. The molecule has 1 amide bonds. The van der Waals surface area contributed by atoms with Crippen molar-refractivity contribution in [1.82, 2.24) is 4.72 Å². The van der Waals surface area contributed by atoms with Gasteiger partial charge in [0, 0.05) is 0 Å². The third-order valence-corrected chi connectivity index (χ3v) is 3.84. The summed E-state index contributed by atoms with van der Waals surface area (Å²) >= 11 is 0.